The molecule has 4 nitrogen and oxygen atoms in total. The van der Waals surface area contributed by atoms with Gasteiger partial charge in [-0.15, -0.1) is 0 Å². The predicted octanol–water partition coefficient (Wildman–Crippen LogP) is 2.06. The minimum Gasteiger partial charge on any atom is -0.492 e. The fourth-order valence-electron chi connectivity index (χ4n) is 2.28. The Hall–Kier alpha value is -1.10. The van der Waals surface area contributed by atoms with Crippen LogP contribution in [0.5, 0.6) is 5.75 Å². The molecule has 0 saturated carbocycles. The van der Waals surface area contributed by atoms with Gasteiger partial charge in [-0.3, -0.25) is 0 Å². The molecule has 1 rings (SSSR count). The van der Waals surface area contributed by atoms with Crippen molar-refractivity contribution in [2.45, 2.75) is 19.9 Å². The van der Waals surface area contributed by atoms with Gasteiger partial charge in [0.05, 0.1) is 0 Å². The van der Waals surface area contributed by atoms with Crippen molar-refractivity contribution in [1.29, 1.82) is 0 Å². The van der Waals surface area contributed by atoms with Crippen molar-refractivity contribution in [1.82, 2.24) is 15.1 Å². The zero-order valence-corrected chi connectivity index (χ0v) is 14.1. The van der Waals surface area contributed by atoms with Crippen molar-refractivity contribution in [3.8, 4) is 5.75 Å². The molecule has 0 spiro atoms. The van der Waals surface area contributed by atoms with Gasteiger partial charge in [-0.25, -0.2) is 0 Å². The van der Waals surface area contributed by atoms with E-state index in [9.17, 15) is 0 Å². The zero-order chi connectivity index (χ0) is 15.5. The smallest absolute Gasteiger partial charge is 0.119 e. The average Bonchev–Trinajstić information content (AvgIpc) is 2.46. The fraction of sp³-hybridized carbons (Fsp3) is 0.647. The van der Waals surface area contributed by atoms with Crippen molar-refractivity contribution in [2.75, 3.05) is 53.9 Å². The SMILES string of the molecule is CCN(CCCN(C)C)CCOc1cccc(CNC)c1. The first kappa shape index (κ1) is 18.0. The van der Waals surface area contributed by atoms with E-state index in [1.165, 1.54) is 12.0 Å². The van der Waals surface area contributed by atoms with E-state index >= 15 is 0 Å². The first-order chi connectivity index (χ1) is 10.2. The third kappa shape index (κ3) is 8.05. The Morgan fingerprint density at radius 1 is 1.14 bits per heavy atom. The number of benzene rings is 1. The lowest BCUT2D eigenvalue weighted by Crippen LogP contribution is -2.31. The topological polar surface area (TPSA) is 27.7 Å². The van der Waals surface area contributed by atoms with Crippen LogP contribution in [0, 0.1) is 0 Å². The lowest BCUT2D eigenvalue weighted by atomic mass is 10.2. The van der Waals surface area contributed by atoms with Crippen molar-refractivity contribution in [2.24, 2.45) is 0 Å². The number of nitrogens with zero attached hydrogens (tertiary/aromatic N) is 2. The monoisotopic (exact) mass is 293 g/mol. The summed E-state index contributed by atoms with van der Waals surface area (Å²) < 4.78 is 5.87. The van der Waals surface area contributed by atoms with Gasteiger partial charge in [-0.05, 0) is 64.9 Å². The summed E-state index contributed by atoms with van der Waals surface area (Å²) in [5.41, 5.74) is 1.26. The molecule has 1 N–H and O–H groups in total. The van der Waals surface area contributed by atoms with Crippen LogP contribution in [0.2, 0.25) is 0 Å². The molecular weight excluding hydrogens is 262 g/mol. The molecule has 120 valence electrons. The summed E-state index contributed by atoms with van der Waals surface area (Å²) in [4.78, 5) is 4.68. The number of nitrogens with one attached hydrogen (secondary N) is 1. The summed E-state index contributed by atoms with van der Waals surface area (Å²) in [6.45, 7) is 8.18. The largest absolute Gasteiger partial charge is 0.492 e. The van der Waals surface area contributed by atoms with Crippen LogP contribution in [0.1, 0.15) is 18.9 Å². The molecule has 0 aliphatic heterocycles. The fourth-order valence-corrected chi connectivity index (χ4v) is 2.28. The van der Waals surface area contributed by atoms with E-state index in [0.29, 0.717) is 0 Å². The third-order valence-corrected chi connectivity index (χ3v) is 3.48. The number of hydrogen-bond donors (Lipinski definition) is 1. The Balaban J connectivity index is 2.28. The summed E-state index contributed by atoms with van der Waals surface area (Å²) in [6, 6.07) is 8.31. The van der Waals surface area contributed by atoms with E-state index in [-0.39, 0.29) is 0 Å². The predicted molar refractivity (Wildman–Crippen MR) is 90.0 cm³/mol. The molecule has 21 heavy (non-hydrogen) atoms. The minimum absolute atomic E-state index is 0.749. The summed E-state index contributed by atoms with van der Waals surface area (Å²) in [5, 5.41) is 3.16. The molecule has 0 aromatic heterocycles. The maximum absolute atomic E-state index is 5.87. The van der Waals surface area contributed by atoms with Gasteiger partial charge in [0.15, 0.2) is 0 Å². The quantitative estimate of drug-likeness (QED) is 0.676. The molecule has 4 heteroatoms. The second-order valence-corrected chi connectivity index (χ2v) is 5.62. The standard InChI is InChI=1S/C17H31N3O/c1-5-20(11-7-10-19(3)4)12-13-21-17-9-6-8-16(14-17)15-18-2/h6,8-9,14,18H,5,7,10-13,15H2,1-4H3. The molecule has 1 aromatic carbocycles. The van der Waals surface area contributed by atoms with E-state index in [2.05, 4.69) is 54.3 Å². The van der Waals surface area contributed by atoms with Crippen LogP contribution in [0.4, 0.5) is 0 Å². The summed E-state index contributed by atoms with van der Waals surface area (Å²) >= 11 is 0. The van der Waals surface area contributed by atoms with E-state index in [1.807, 2.05) is 13.1 Å². The van der Waals surface area contributed by atoms with Gasteiger partial charge in [0.2, 0.25) is 0 Å². The minimum atomic E-state index is 0.749. The average molecular weight is 293 g/mol. The van der Waals surface area contributed by atoms with Gasteiger partial charge in [-0.2, -0.15) is 0 Å². The molecule has 0 saturated heterocycles. The first-order valence-corrected chi connectivity index (χ1v) is 7.89. The summed E-state index contributed by atoms with van der Waals surface area (Å²) in [7, 11) is 6.20. The molecule has 0 fully saturated rings. The van der Waals surface area contributed by atoms with Gasteiger partial charge in [0.1, 0.15) is 12.4 Å². The zero-order valence-electron chi connectivity index (χ0n) is 14.1. The van der Waals surface area contributed by atoms with Crippen molar-refractivity contribution in [3.05, 3.63) is 29.8 Å². The molecule has 0 aliphatic rings. The highest BCUT2D eigenvalue weighted by Gasteiger charge is 2.03. The van der Waals surface area contributed by atoms with Crippen LogP contribution >= 0.6 is 0 Å². The van der Waals surface area contributed by atoms with Gasteiger partial charge in [-0.1, -0.05) is 19.1 Å². The maximum Gasteiger partial charge on any atom is 0.119 e. The number of likely N-dealkylation sites (N-methyl/N-ethyl adjacent to an activating group) is 1. The summed E-state index contributed by atoms with van der Waals surface area (Å²) in [6.07, 6.45) is 1.21. The Labute approximate surface area is 130 Å². The second-order valence-electron chi connectivity index (χ2n) is 5.62. The van der Waals surface area contributed by atoms with Crippen LogP contribution in [-0.2, 0) is 6.54 Å². The molecular formula is C17H31N3O. The van der Waals surface area contributed by atoms with Crippen LogP contribution in [0.25, 0.3) is 0 Å². The third-order valence-electron chi connectivity index (χ3n) is 3.48. The lowest BCUT2D eigenvalue weighted by molar-refractivity contribution is 0.208. The van der Waals surface area contributed by atoms with Crippen molar-refractivity contribution in [3.63, 3.8) is 0 Å². The highest BCUT2D eigenvalue weighted by molar-refractivity contribution is 5.28. The summed E-state index contributed by atoms with van der Waals surface area (Å²) in [5.74, 6) is 0.965. The van der Waals surface area contributed by atoms with Crippen LogP contribution < -0.4 is 10.1 Å². The van der Waals surface area contributed by atoms with Crippen LogP contribution in [0.3, 0.4) is 0 Å². The number of ether oxygens (including phenoxy) is 1. The normalized spacial score (nSPS) is 11.3. The molecule has 0 amide bonds. The van der Waals surface area contributed by atoms with E-state index < -0.39 is 0 Å². The van der Waals surface area contributed by atoms with Crippen molar-refractivity contribution >= 4 is 0 Å². The Morgan fingerprint density at radius 3 is 2.62 bits per heavy atom. The molecule has 1 aromatic rings. The molecule has 0 atom stereocenters. The molecule has 0 heterocycles. The Kier molecular flexibility index (Phi) is 9.06. The van der Waals surface area contributed by atoms with Gasteiger partial charge < -0.3 is 19.9 Å². The number of rotatable bonds is 11. The van der Waals surface area contributed by atoms with E-state index in [1.54, 1.807) is 0 Å². The Bertz CT molecular complexity index is 382. The van der Waals surface area contributed by atoms with Gasteiger partial charge in [0, 0.05) is 13.1 Å². The number of hydrogen-bond acceptors (Lipinski definition) is 4. The van der Waals surface area contributed by atoms with Crippen molar-refractivity contribution < 1.29 is 4.74 Å². The van der Waals surface area contributed by atoms with Crippen LogP contribution in [0.15, 0.2) is 24.3 Å². The van der Waals surface area contributed by atoms with E-state index in [0.717, 1.165) is 45.1 Å². The lowest BCUT2D eigenvalue weighted by Gasteiger charge is -2.21. The first-order valence-electron chi connectivity index (χ1n) is 7.89. The van der Waals surface area contributed by atoms with Gasteiger partial charge in [0.25, 0.3) is 0 Å². The van der Waals surface area contributed by atoms with E-state index in [4.69, 9.17) is 4.74 Å². The molecule has 0 radical (unpaired) electrons. The molecule has 0 aliphatic carbocycles. The van der Waals surface area contributed by atoms with Gasteiger partial charge >= 0.3 is 0 Å². The van der Waals surface area contributed by atoms with Crippen LogP contribution in [-0.4, -0.2) is 63.7 Å². The molecule has 0 bridgehead atoms. The Morgan fingerprint density at radius 2 is 1.95 bits per heavy atom. The second kappa shape index (κ2) is 10.6. The highest BCUT2D eigenvalue weighted by Crippen LogP contribution is 2.13. The highest BCUT2D eigenvalue weighted by atomic mass is 16.5. The molecule has 0 unspecified atom stereocenters. The maximum atomic E-state index is 5.87.